The number of esters is 1. The van der Waals surface area contributed by atoms with E-state index in [1.807, 2.05) is 6.92 Å². The van der Waals surface area contributed by atoms with Crippen LogP contribution in [0.5, 0.6) is 0 Å². The summed E-state index contributed by atoms with van der Waals surface area (Å²) in [4.78, 5) is 11.9. The van der Waals surface area contributed by atoms with Crippen LogP contribution in [-0.4, -0.2) is 5.97 Å². The average Bonchev–Trinajstić information content (AvgIpc) is 2.42. The van der Waals surface area contributed by atoms with Crippen LogP contribution in [0, 0.1) is 12.7 Å². The third-order valence-electron chi connectivity index (χ3n) is 2.88. The van der Waals surface area contributed by atoms with Gasteiger partial charge in [0.25, 0.3) is 0 Å². The Morgan fingerprint density at radius 3 is 2.75 bits per heavy atom. The summed E-state index contributed by atoms with van der Waals surface area (Å²) in [6.07, 6.45) is 0. The summed E-state index contributed by atoms with van der Waals surface area (Å²) in [6.45, 7) is 1.72. The number of benzene rings is 2. The first-order valence-electron chi connectivity index (χ1n) is 5.94. The minimum Gasteiger partial charge on any atom is -0.457 e. The van der Waals surface area contributed by atoms with E-state index in [1.54, 1.807) is 30.3 Å². The van der Waals surface area contributed by atoms with Gasteiger partial charge < -0.3 is 10.5 Å². The lowest BCUT2D eigenvalue weighted by Crippen LogP contribution is -2.07. The van der Waals surface area contributed by atoms with Gasteiger partial charge in [-0.2, -0.15) is 0 Å². The highest BCUT2D eigenvalue weighted by atomic mass is 79.9. The monoisotopic (exact) mass is 337 g/mol. The normalized spacial score (nSPS) is 10.3. The van der Waals surface area contributed by atoms with Crippen LogP contribution in [0.2, 0.25) is 0 Å². The molecule has 2 N–H and O–H groups in total. The van der Waals surface area contributed by atoms with Crippen molar-refractivity contribution in [3.63, 3.8) is 0 Å². The van der Waals surface area contributed by atoms with Crippen molar-refractivity contribution < 1.29 is 13.9 Å². The molecule has 0 spiro atoms. The second-order valence-corrected chi connectivity index (χ2v) is 5.30. The second kappa shape index (κ2) is 6.05. The lowest BCUT2D eigenvalue weighted by Gasteiger charge is -2.08. The molecule has 0 atom stereocenters. The molecule has 2 aromatic rings. The topological polar surface area (TPSA) is 52.3 Å². The zero-order valence-corrected chi connectivity index (χ0v) is 12.4. The van der Waals surface area contributed by atoms with Crippen molar-refractivity contribution in [3.05, 3.63) is 63.4 Å². The van der Waals surface area contributed by atoms with E-state index >= 15 is 0 Å². The van der Waals surface area contributed by atoms with Gasteiger partial charge in [0.1, 0.15) is 12.4 Å². The lowest BCUT2D eigenvalue weighted by molar-refractivity contribution is 0.0469. The summed E-state index contributed by atoms with van der Waals surface area (Å²) >= 11 is 3.24. The van der Waals surface area contributed by atoms with Crippen molar-refractivity contribution in [1.29, 1.82) is 0 Å². The Kier molecular flexibility index (Phi) is 4.39. The molecule has 0 aromatic heterocycles. The smallest absolute Gasteiger partial charge is 0.338 e. The Hall–Kier alpha value is -1.88. The second-order valence-electron chi connectivity index (χ2n) is 4.38. The van der Waals surface area contributed by atoms with Crippen molar-refractivity contribution in [1.82, 2.24) is 0 Å². The van der Waals surface area contributed by atoms with E-state index in [9.17, 15) is 9.18 Å². The Balaban J connectivity index is 2.08. The van der Waals surface area contributed by atoms with Gasteiger partial charge in [-0.25, -0.2) is 9.18 Å². The molecule has 0 unspecified atom stereocenters. The van der Waals surface area contributed by atoms with Crippen molar-refractivity contribution in [2.24, 2.45) is 0 Å². The van der Waals surface area contributed by atoms with E-state index < -0.39 is 11.8 Å². The summed E-state index contributed by atoms with van der Waals surface area (Å²) in [5, 5.41) is 0. The van der Waals surface area contributed by atoms with Gasteiger partial charge in [0.15, 0.2) is 0 Å². The summed E-state index contributed by atoms with van der Waals surface area (Å²) in [7, 11) is 0. The molecule has 0 radical (unpaired) electrons. The highest BCUT2D eigenvalue weighted by molar-refractivity contribution is 9.10. The summed E-state index contributed by atoms with van der Waals surface area (Å²) < 4.78 is 19.3. The summed E-state index contributed by atoms with van der Waals surface area (Å²) in [6, 6.07) is 9.40. The molecule has 0 amide bonds. The van der Waals surface area contributed by atoms with E-state index in [0.717, 1.165) is 10.0 Å². The third kappa shape index (κ3) is 3.36. The number of rotatable bonds is 3. The molecule has 0 aliphatic rings. The Morgan fingerprint density at radius 2 is 2.05 bits per heavy atom. The molecule has 2 rings (SSSR count). The predicted octanol–water partition coefficient (Wildman–Crippen LogP) is 3.84. The SMILES string of the molecule is Cc1ccc(C(=O)OCc2cc(Br)ccc2F)cc1N. The molecular weight excluding hydrogens is 325 g/mol. The van der Waals surface area contributed by atoms with Gasteiger partial charge in [0.05, 0.1) is 5.56 Å². The molecule has 20 heavy (non-hydrogen) atoms. The quantitative estimate of drug-likeness (QED) is 0.683. The number of hydrogen-bond acceptors (Lipinski definition) is 3. The maximum Gasteiger partial charge on any atom is 0.338 e. The van der Waals surface area contributed by atoms with Crippen molar-refractivity contribution >= 4 is 27.6 Å². The first-order valence-corrected chi connectivity index (χ1v) is 6.74. The minimum absolute atomic E-state index is 0.127. The fourth-order valence-electron chi connectivity index (χ4n) is 1.65. The number of nitrogen functional groups attached to an aromatic ring is 1. The standard InChI is InChI=1S/C15H13BrFNO2/c1-9-2-3-10(7-14(9)18)15(19)20-8-11-6-12(16)4-5-13(11)17/h2-7H,8,18H2,1H3. The molecular formula is C15H13BrFNO2. The maximum absolute atomic E-state index is 13.5. The van der Waals surface area contributed by atoms with Crippen molar-refractivity contribution in [2.75, 3.05) is 5.73 Å². The first-order chi connectivity index (χ1) is 9.47. The van der Waals surface area contributed by atoms with Crippen molar-refractivity contribution in [2.45, 2.75) is 13.5 Å². The third-order valence-corrected chi connectivity index (χ3v) is 3.37. The zero-order valence-electron chi connectivity index (χ0n) is 10.8. The van der Waals surface area contributed by atoms with Crippen LogP contribution in [-0.2, 0) is 11.3 Å². The number of anilines is 1. The Bertz CT molecular complexity index is 658. The summed E-state index contributed by atoms with van der Waals surface area (Å²) in [5.41, 5.74) is 7.81. The van der Waals surface area contributed by atoms with Crippen LogP contribution in [0.3, 0.4) is 0 Å². The van der Waals surface area contributed by atoms with Crippen LogP contribution in [0.15, 0.2) is 40.9 Å². The number of halogens is 2. The van der Waals surface area contributed by atoms with Gasteiger partial charge in [-0.05, 0) is 42.8 Å². The molecule has 5 heteroatoms. The maximum atomic E-state index is 13.5. The number of carbonyl (C=O) groups is 1. The van der Waals surface area contributed by atoms with Gasteiger partial charge in [0, 0.05) is 15.7 Å². The molecule has 0 bridgehead atoms. The fourth-order valence-corrected chi connectivity index (χ4v) is 2.06. The van der Waals surface area contributed by atoms with Crippen LogP contribution in [0.25, 0.3) is 0 Å². The molecule has 0 saturated carbocycles. The molecule has 0 fully saturated rings. The Morgan fingerprint density at radius 1 is 1.30 bits per heavy atom. The Labute approximate surface area is 124 Å². The van der Waals surface area contributed by atoms with E-state index in [1.165, 1.54) is 6.07 Å². The molecule has 0 aliphatic carbocycles. The molecule has 3 nitrogen and oxygen atoms in total. The minimum atomic E-state index is -0.531. The highest BCUT2D eigenvalue weighted by Gasteiger charge is 2.10. The number of hydrogen-bond donors (Lipinski definition) is 1. The van der Waals surface area contributed by atoms with Gasteiger partial charge in [0.2, 0.25) is 0 Å². The zero-order chi connectivity index (χ0) is 14.7. The van der Waals surface area contributed by atoms with Crippen LogP contribution in [0.4, 0.5) is 10.1 Å². The molecule has 2 aromatic carbocycles. The summed E-state index contributed by atoms with van der Waals surface area (Å²) in [5.74, 6) is -0.944. The predicted molar refractivity (Wildman–Crippen MR) is 78.8 cm³/mol. The van der Waals surface area contributed by atoms with Gasteiger partial charge in [-0.15, -0.1) is 0 Å². The number of carbonyl (C=O) groups excluding carboxylic acids is 1. The van der Waals surface area contributed by atoms with Crippen LogP contribution >= 0.6 is 15.9 Å². The van der Waals surface area contributed by atoms with Crippen molar-refractivity contribution in [3.8, 4) is 0 Å². The van der Waals surface area contributed by atoms with E-state index in [-0.39, 0.29) is 6.61 Å². The van der Waals surface area contributed by atoms with Crippen LogP contribution < -0.4 is 5.73 Å². The van der Waals surface area contributed by atoms with E-state index in [4.69, 9.17) is 10.5 Å². The number of ether oxygens (including phenoxy) is 1. The highest BCUT2D eigenvalue weighted by Crippen LogP contribution is 2.18. The first kappa shape index (κ1) is 14.5. The largest absolute Gasteiger partial charge is 0.457 e. The van der Waals surface area contributed by atoms with Gasteiger partial charge in [-0.1, -0.05) is 22.0 Å². The fraction of sp³-hybridized carbons (Fsp3) is 0.133. The molecule has 0 saturated heterocycles. The molecule has 104 valence electrons. The van der Waals surface area contributed by atoms with E-state index in [0.29, 0.717) is 16.8 Å². The van der Waals surface area contributed by atoms with Gasteiger partial charge >= 0.3 is 5.97 Å². The number of aryl methyl sites for hydroxylation is 1. The van der Waals surface area contributed by atoms with Gasteiger partial charge in [-0.3, -0.25) is 0 Å². The molecule has 0 aliphatic heterocycles. The lowest BCUT2D eigenvalue weighted by atomic mass is 10.1. The average molecular weight is 338 g/mol. The van der Waals surface area contributed by atoms with Crippen LogP contribution in [0.1, 0.15) is 21.5 Å². The number of nitrogens with two attached hydrogens (primary N) is 1. The molecule has 0 heterocycles. The van der Waals surface area contributed by atoms with E-state index in [2.05, 4.69) is 15.9 Å².